The molecule has 2 rings (SSSR count). The van der Waals surface area contributed by atoms with Crippen molar-refractivity contribution in [1.29, 1.82) is 0 Å². The van der Waals surface area contributed by atoms with E-state index in [-0.39, 0.29) is 18.2 Å². The maximum Gasteiger partial charge on any atom is 0.251 e. The van der Waals surface area contributed by atoms with Crippen LogP contribution in [0.1, 0.15) is 21.5 Å². The molecule has 23 heavy (non-hydrogen) atoms. The topological polar surface area (TPSA) is 58.2 Å². The summed E-state index contributed by atoms with van der Waals surface area (Å²) in [5, 5.41) is 6.26. The molecule has 0 aliphatic carbocycles. The highest BCUT2D eigenvalue weighted by Crippen LogP contribution is 2.25. The average molecular weight is 351 g/mol. The minimum atomic E-state index is -0.253. The summed E-state index contributed by atoms with van der Waals surface area (Å²) in [6.45, 7) is 1.78. The van der Waals surface area contributed by atoms with Crippen molar-refractivity contribution in [2.24, 2.45) is 0 Å². The first-order valence-corrected chi connectivity index (χ1v) is 7.74. The number of halogens is 2. The van der Waals surface area contributed by atoms with Gasteiger partial charge < -0.3 is 10.6 Å². The Morgan fingerprint density at radius 1 is 1.04 bits per heavy atom. The summed E-state index contributed by atoms with van der Waals surface area (Å²) in [7, 11) is 1.56. The van der Waals surface area contributed by atoms with Gasteiger partial charge >= 0.3 is 0 Å². The molecule has 0 saturated heterocycles. The van der Waals surface area contributed by atoms with E-state index in [2.05, 4.69) is 10.6 Å². The van der Waals surface area contributed by atoms with E-state index in [1.807, 2.05) is 0 Å². The van der Waals surface area contributed by atoms with Crippen molar-refractivity contribution >= 4 is 40.7 Å². The first-order chi connectivity index (χ1) is 10.9. The van der Waals surface area contributed by atoms with Crippen molar-refractivity contribution in [3.8, 4) is 0 Å². The highest BCUT2D eigenvalue weighted by molar-refractivity contribution is 6.36. The van der Waals surface area contributed by atoms with Crippen LogP contribution in [0.15, 0.2) is 36.4 Å². The predicted octanol–water partition coefficient (Wildman–Crippen LogP) is 3.84. The van der Waals surface area contributed by atoms with E-state index in [1.54, 1.807) is 50.4 Å². The summed E-state index contributed by atoms with van der Waals surface area (Å²) < 4.78 is 0. The van der Waals surface area contributed by atoms with Gasteiger partial charge in [0.2, 0.25) is 5.91 Å². The second-order valence-electron chi connectivity index (χ2n) is 4.98. The lowest BCUT2D eigenvalue weighted by Gasteiger charge is -2.12. The van der Waals surface area contributed by atoms with Crippen molar-refractivity contribution in [3.05, 3.63) is 63.1 Å². The standard InChI is InChI=1S/C17H16Cl2N2O2/c1-10-11(17(23)20-2)5-3-8-15(10)21-16(22)9-12-13(18)6-4-7-14(12)19/h3-8H,9H2,1-2H3,(H,20,23)(H,21,22). The van der Waals surface area contributed by atoms with E-state index in [0.29, 0.717) is 32.4 Å². The summed E-state index contributed by atoms with van der Waals surface area (Å²) in [5.74, 6) is -0.454. The lowest BCUT2D eigenvalue weighted by Crippen LogP contribution is -2.21. The molecule has 0 aromatic heterocycles. The number of benzene rings is 2. The van der Waals surface area contributed by atoms with Gasteiger partial charge in [0.25, 0.3) is 5.91 Å². The number of carbonyl (C=O) groups excluding carboxylic acids is 2. The molecule has 0 unspecified atom stereocenters. The molecule has 0 fully saturated rings. The molecule has 4 nitrogen and oxygen atoms in total. The molecule has 2 aromatic rings. The molecular formula is C17H16Cl2N2O2. The van der Waals surface area contributed by atoms with Gasteiger partial charge in [-0.25, -0.2) is 0 Å². The Hall–Kier alpha value is -2.04. The van der Waals surface area contributed by atoms with Crippen molar-refractivity contribution in [2.75, 3.05) is 12.4 Å². The molecule has 0 radical (unpaired) electrons. The highest BCUT2D eigenvalue weighted by Gasteiger charge is 2.14. The summed E-state index contributed by atoms with van der Waals surface area (Å²) in [6.07, 6.45) is 0.0577. The normalized spacial score (nSPS) is 10.3. The zero-order chi connectivity index (χ0) is 17.0. The monoisotopic (exact) mass is 350 g/mol. The van der Waals surface area contributed by atoms with E-state index < -0.39 is 0 Å². The van der Waals surface area contributed by atoms with Crippen molar-refractivity contribution in [2.45, 2.75) is 13.3 Å². The van der Waals surface area contributed by atoms with Gasteiger partial charge in [0, 0.05) is 28.3 Å². The first kappa shape index (κ1) is 17.3. The zero-order valence-electron chi connectivity index (χ0n) is 12.7. The fourth-order valence-electron chi connectivity index (χ4n) is 2.21. The summed E-state index contributed by atoms with van der Waals surface area (Å²) in [6, 6.07) is 10.3. The summed E-state index contributed by atoms with van der Waals surface area (Å²) in [4.78, 5) is 24.1. The van der Waals surface area contributed by atoms with Gasteiger partial charge in [-0.2, -0.15) is 0 Å². The van der Waals surface area contributed by atoms with Crippen LogP contribution in [-0.2, 0) is 11.2 Å². The Balaban J connectivity index is 2.20. The van der Waals surface area contributed by atoms with Gasteiger partial charge in [0.05, 0.1) is 6.42 Å². The molecule has 0 spiro atoms. The Kier molecular flexibility index (Phi) is 5.64. The third-order valence-corrected chi connectivity index (χ3v) is 4.19. The first-order valence-electron chi connectivity index (χ1n) is 6.98. The van der Waals surface area contributed by atoms with Crippen LogP contribution in [0.4, 0.5) is 5.69 Å². The summed E-state index contributed by atoms with van der Waals surface area (Å²) >= 11 is 12.2. The van der Waals surface area contributed by atoms with Crippen molar-refractivity contribution < 1.29 is 9.59 Å². The number of nitrogens with one attached hydrogen (secondary N) is 2. The number of carbonyl (C=O) groups is 2. The smallest absolute Gasteiger partial charge is 0.251 e. The lowest BCUT2D eigenvalue weighted by atomic mass is 10.1. The zero-order valence-corrected chi connectivity index (χ0v) is 14.3. The van der Waals surface area contributed by atoms with E-state index in [9.17, 15) is 9.59 Å². The fourth-order valence-corrected chi connectivity index (χ4v) is 2.74. The molecule has 0 heterocycles. The maximum absolute atomic E-state index is 12.3. The Morgan fingerprint density at radius 2 is 1.65 bits per heavy atom. The molecular weight excluding hydrogens is 335 g/mol. The molecule has 0 aliphatic rings. The molecule has 0 saturated carbocycles. The Labute approximate surface area is 144 Å². The maximum atomic E-state index is 12.3. The molecule has 0 atom stereocenters. The quantitative estimate of drug-likeness (QED) is 0.879. The third kappa shape index (κ3) is 4.03. The molecule has 2 aromatic carbocycles. The fraction of sp³-hybridized carbons (Fsp3) is 0.176. The number of hydrogen-bond acceptors (Lipinski definition) is 2. The minimum absolute atomic E-state index is 0.0577. The molecule has 0 aliphatic heterocycles. The van der Waals surface area contributed by atoms with Gasteiger partial charge in [-0.05, 0) is 42.3 Å². The SMILES string of the molecule is CNC(=O)c1cccc(NC(=O)Cc2c(Cl)cccc2Cl)c1C. The van der Waals surface area contributed by atoms with Gasteiger partial charge in [-0.1, -0.05) is 35.3 Å². The van der Waals surface area contributed by atoms with Gasteiger partial charge in [-0.15, -0.1) is 0 Å². The van der Waals surface area contributed by atoms with Crippen LogP contribution in [0.5, 0.6) is 0 Å². The third-order valence-electron chi connectivity index (χ3n) is 3.48. The minimum Gasteiger partial charge on any atom is -0.355 e. The largest absolute Gasteiger partial charge is 0.355 e. The second-order valence-corrected chi connectivity index (χ2v) is 5.80. The van der Waals surface area contributed by atoms with Crippen LogP contribution < -0.4 is 10.6 Å². The number of hydrogen-bond donors (Lipinski definition) is 2. The highest BCUT2D eigenvalue weighted by atomic mass is 35.5. The molecule has 0 bridgehead atoms. The Morgan fingerprint density at radius 3 is 2.26 bits per heavy atom. The van der Waals surface area contributed by atoms with Crippen LogP contribution in [0, 0.1) is 6.92 Å². The molecule has 6 heteroatoms. The number of anilines is 1. The van der Waals surface area contributed by atoms with Crippen molar-refractivity contribution in [1.82, 2.24) is 5.32 Å². The predicted molar refractivity (Wildman–Crippen MR) is 93.4 cm³/mol. The van der Waals surface area contributed by atoms with Crippen LogP contribution >= 0.6 is 23.2 Å². The molecule has 2 N–H and O–H groups in total. The van der Waals surface area contributed by atoms with Gasteiger partial charge in [0.15, 0.2) is 0 Å². The van der Waals surface area contributed by atoms with Gasteiger partial charge in [-0.3, -0.25) is 9.59 Å². The van der Waals surface area contributed by atoms with E-state index in [4.69, 9.17) is 23.2 Å². The van der Waals surface area contributed by atoms with Crippen LogP contribution in [0.3, 0.4) is 0 Å². The summed E-state index contributed by atoms with van der Waals surface area (Å²) in [5.41, 5.74) is 2.37. The Bertz CT molecular complexity index is 740. The van der Waals surface area contributed by atoms with Crippen LogP contribution in [-0.4, -0.2) is 18.9 Å². The molecule has 2 amide bonds. The van der Waals surface area contributed by atoms with Crippen LogP contribution in [0.25, 0.3) is 0 Å². The van der Waals surface area contributed by atoms with Gasteiger partial charge in [0.1, 0.15) is 0 Å². The number of amides is 2. The number of rotatable bonds is 4. The van der Waals surface area contributed by atoms with Crippen molar-refractivity contribution in [3.63, 3.8) is 0 Å². The lowest BCUT2D eigenvalue weighted by molar-refractivity contribution is -0.115. The van der Waals surface area contributed by atoms with E-state index in [0.717, 1.165) is 0 Å². The van der Waals surface area contributed by atoms with Crippen LogP contribution in [0.2, 0.25) is 10.0 Å². The second kappa shape index (κ2) is 7.49. The molecule has 120 valence electrons. The van der Waals surface area contributed by atoms with E-state index in [1.165, 1.54) is 0 Å². The van der Waals surface area contributed by atoms with E-state index >= 15 is 0 Å². The average Bonchev–Trinajstić information content (AvgIpc) is 2.52.